The molecule has 0 fully saturated rings. The second-order valence-corrected chi connectivity index (χ2v) is 5.53. The number of nitrogens with two attached hydrogens (primary N) is 1. The normalized spacial score (nSPS) is 10.8. The number of carbonyl (C=O) groups excluding carboxylic acids is 1. The molecule has 1 aromatic carbocycles. The van der Waals surface area contributed by atoms with Crippen LogP contribution in [-0.4, -0.2) is 34.9 Å². The lowest BCUT2D eigenvalue weighted by atomic mass is 10.1. The fourth-order valence-electron chi connectivity index (χ4n) is 2.50. The summed E-state index contributed by atoms with van der Waals surface area (Å²) >= 11 is 0. The smallest absolute Gasteiger partial charge is 0.289 e. The Kier molecular flexibility index (Phi) is 4.07. The van der Waals surface area contributed by atoms with Crippen LogP contribution < -0.4 is 10.5 Å². The van der Waals surface area contributed by atoms with E-state index in [1.807, 2.05) is 19.1 Å². The molecule has 2 aromatic heterocycles. The molecule has 2 N–H and O–H groups in total. The van der Waals surface area contributed by atoms with Gasteiger partial charge in [-0.1, -0.05) is 0 Å². The van der Waals surface area contributed by atoms with Crippen LogP contribution in [0.1, 0.15) is 21.7 Å². The van der Waals surface area contributed by atoms with Crippen molar-refractivity contribution in [3.8, 4) is 5.75 Å². The van der Waals surface area contributed by atoms with Gasteiger partial charge in [0.25, 0.3) is 5.91 Å². The summed E-state index contributed by atoms with van der Waals surface area (Å²) in [5.41, 5.74) is 7.68. The summed E-state index contributed by atoms with van der Waals surface area (Å²) in [6, 6.07) is 5.50. The number of benzene rings is 1. The predicted octanol–water partition coefficient (Wildman–Crippen LogP) is 2.39. The SMILES string of the molecule is COc1ccc2c(C)c(C(=O)N(C)Cc3cnc(N)nc3)oc2c1. The van der Waals surface area contributed by atoms with E-state index in [4.69, 9.17) is 14.9 Å². The molecule has 0 saturated heterocycles. The molecule has 24 heavy (non-hydrogen) atoms. The van der Waals surface area contributed by atoms with Crippen molar-refractivity contribution in [1.82, 2.24) is 14.9 Å². The van der Waals surface area contributed by atoms with Crippen molar-refractivity contribution in [1.29, 1.82) is 0 Å². The number of carbonyl (C=O) groups is 1. The Morgan fingerprint density at radius 1 is 1.33 bits per heavy atom. The van der Waals surface area contributed by atoms with Crippen LogP contribution >= 0.6 is 0 Å². The number of rotatable bonds is 4. The molecule has 0 radical (unpaired) electrons. The summed E-state index contributed by atoms with van der Waals surface area (Å²) < 4.78 is 10.9. The van der Waals surface area contributed by atoms with Gasteiger partial charge in [-0.3, -0.25) is 4.79 Å². The van der Waals surface area contributed by atoms with Crippen LogP contribution in [0.4, 0.5) is 5.95 Å². The van der Waals surface area contributed by atoms with Crippen LogP contribution in [0.15, 0.2) is 35.0 Å². The number of anilines is 1. The van der Waals surface area contributed by atoms with Crippen LogP contribution in [0.5, 0.6) is 5.75 Å². The Hall–Kier alpha value is -3.09. The molecule has 0 saturated carbocycles. The van der Waals surface area contributed by atoms with E-state index in [0.29, 0.717) is 23.6 Å². The molecule has 0 unspecified atom stereocenters. The van der Waals surface area contributed by atoms with Crippen LogP contribution in [0, 0.1) is 6.92 Å². The Bertz CT molecular complexity index is 887. The number of aryl methyl sites for hydroxylation is 1. The van der Waals surface area contributed by atoms with Gasteiger partial charge >= 0.3 is 0 Å². The van der Waals surface area contributed by atoms with Gasteiger partial charge in [-0.05, 0) is 19.1 Å². The van der Waals surface area contributed by atoms with E-state index in [2.05, 4.69) is 9.97 Å². The summed E-state index contributed by atoms with van der Waals surface area (Å²) in [6.07, 6.45) is 3.20. The molecule has 2 heterocycles. The summed E-state index contributed by atoms with van der Waals surface area (Å²) in [4.78, 5) is 22.1. The molecule has 0 aliphatic heterocycles. The molecular formula is C17H18N4O3. The number of amides is 1. The van der Waals surface area contributed by atoms with Gasteiger partial charge in [-0.25, -0.2) is 9.97 Å². The van der Waals surface area contributed by atoms with Gasteiger partial charge in [0.1, 0.15) is 11.3 Å². The van der Waals surface area contributed by atoms with Gasteiger partial charge in [-0.2, -0.15) is 0 Å². The standard InChI is InChI=1S/C17H18N4O3/c1-10-13-5-4-12(23-3)6-14(13)24-15(10)16(22)21(2)9-11-7-19-17(18)20-8-11/h4-8H,9H2,1-3H3,(H2,18,19,20). The van der Waals surface area contributed by atoms with E-state index >= 15 is 0 Å². The van der Waals surface area contributed by atoms with Crippen LogP contribution in [0.3, 0.4) is 0 Å². The zero-order valence-electron chi connectivity index (χ0n) is 13.7. The first kappa shape index (κ1) is 15.8. The fraction of sp³-hybridized carbons (Fsp3) is 0.235. The zero-order valence-corrected chi connectivity index (χ0v) is 13.7. The average molecular weight is 326 g/mol. The van der Waals surface area contributed by atoms with Crippen molar-refractivity contribution >= 4 is 22.8 Å². The first-order chi connectivity index (χ1) is 11.5. The van der Waals surface area contributed by atoms with Crippen molar-refractivity contribution in [2.24, 2.45) is 0 Å². The van der Waals surface area contributed by atoms with E-state index in [0.717, 1.165) is 16.5 Å². The number of methoxy groups -OCH3 is 1. The number of hydrogen-bond acceptors (Lipinski definition) is 6. The summed E-state index contributed by atoms with van der Waals surface area (Å²) in [5.74, 6) is 0.994. The molecular weight excluding hydrogens is 308 g/mol. The molecule has 0 spiro atoms. The Balaban J connectivity index is 1.87. The summed E-state index contributed by atoms with van der Waals surface area (Å²) in [5, 5.41) is 0.892. The molecule has 3 aromatic rings. The number of nitrogen functional groups attached to an aromatic ring is 1. The first-order valence-corrected chi connectivity index (χ1v) is 7.38. The lowest BCUT2D eigenvalue weighted by Crippen LogP contribution is -2.26. The number of nitrogens with zero attached hydrogens (tertiary/aromatic N) is 3. The van der Waals surface area contributed by atoms with Crippen LogP contribution in [0.2, 0.25) is 0 Å². The Morgan fingerprint density at radius 3 is 2.71 bits per heavy atom. The largest absolute Gasteiger partial charge is 0.497 e. The number of fused-ring (bicyclic) bond motifs is 1. The van der Waals surface area contributed by atoms with Gasteiger partial charge in [-0.15, -0.1) is 0 Å². The van der Waals surface area contributed by atoms with E-state index < -0.39 is 0 Å². The maximum absolute atomic E-state index is 12.7. The summed E-state index contributed by atoms with van der Waals surface area (Å²) in [6.45, 7) is 2.23. The molecule has 0 bridgehead atoms. The molecule has 1 amide bonds. The maximum atomic E-state index is 12.7. The minimum Gasteiger partial charge on any atom is -0.497 e. The number of ether oxygens (including phenoxy) is 1. The van der Waals surface area contributed by atoms with E-state index in [9.17, 15) is 4.79 Å². The number of hydrogen-bond donors (Lipinski definition) is 1. The molecule has 3 rings (SSSR count). The highest BCUT2D eigenvalue weighted by Gasteiger charge is 2.21. The molecule has 124 valence electrons. The summed E-state index contributed by atoms with van der Waals surface area (Å²) in [7, 11) is 3.29. The van der Waals surface area contributed by atoms with Crippen LogP contribution in [-0.2, 0) is 6.54 Å². The van der Waals surface area contributed by atoms with Gasteiger partial charge in [0.05, 0.1) is 7.11 Å². The fourth-order valence-corrected chi connectivity index (χ4v) is 2.50. The second kappa shape index (κ2) is 6.19. The van der Waals surface area contributed by atoms with Crippen molar-refractivity contribution in [2.75, 3.05) is 19.9 Å². The zero-order chi connectivity index (χ0) is 17.3. The van der Waals surface area contributed by atoms with Gasteiger partial charge < -0.3 is 19.8 Å². The highest BCUT2D eigenvalue weighted by Crippen LogP contribution is 2.29. The molecule has 0 aliphatic carbocycles. The molecule has 7 nitrogen and oxygen atoms in total. The van der Waals surface area contributed by atoms with Crippen LogP contribution in [0.25, 0.3) is 11.0 Å². The van der Waals surface area contributed by atoms with Crippen molar-refractivity contribution in [3.05, 3.63) is 47.5 Å². The predicted molar refractivity (Wildman–Crippen MR) is 89.7 cm³/mol. The average Bonchev–Trinajstić information content (AvgIpc) is 2.92. The second-order valence-electron chi connectivity index (χ2n) is 5.53. The minimum atomic E-state index is -0.209. The van der Waals surface area contributed by atoms with E-state index in [1.54, 1.807) is 37.5 Å². The Morgan fingerprint density at radius 2 is 2.04 bits per heavy atom. The highest BCUT2D eigenvalue weighted by molar-refractivity contribution is 5.99. The third kappa shape index (κ3) is 2.88. The first-order valence-electron chi connectivity index (χ1n) is 7.38. The molecule has 0 aliphatic rings. The van der Waals surface area contributed by atoms with Crippen molar-refractivity contribution in [3.63, 3.8) is 0 Å². The van der Waals surface area contributed by atoms with Gasteiger partial charge in [0.15, 0.2) is 5.76 Å². The third-order valence-electron chi connectivity index (χ3n) is 3.83. The van der Waals surface area contributed by atoms with Gasteiger partial charge in [0.2, 0.25) is 5.95 Å². The van der Waals surface area contributed by atoms with Gasteiger partial charge in [0, 0.05) is 48.6 Å². The van der Waals surface area contributed by atoms with Crippen molar-refractivity contribution in [2.45, 2.75) is 13.5 Å². The lowest BCUT2D eigenvalue weighted by molar-refractivity contribution is 0.0754. The van der Waals surface area contributed by atoms with E-state index in [1.165, 1.54) is 0 Å². The van der Waals surface area contributed by atoms with E-state index in [-0.39, 0.29) is 11.9 Å². The highest BCUT2D eigenvalue weighted by atomic mass is 16.5. The number of furan rings is 1. The Labute approximate surface area is 139 Å². The third-order valence-corrected chi connectivity index (χ3v) is 3.83. The lowest BCUT2D eigenvalue weighted by Gasteiger charge is -2.15. The molecule has 7 heteroatoms. The number of aromatic nitrogens is 2. The molecule has 0 atom stereocenters. The van der Waals surface area contributed by atoms with Crippen molar-refractivity contribution < 1.29 is 13.9 Å². The maximum Gasteiger partial charge on any atom is 0.289 e. The monoisotopic (exact) mass is 326 g/mol. The minimum absolute atomic E-state index is 0.204. The topological polar surface area (TPSA) is 94.5 Å². The quantitative estimate of drug-likeness (QED) is 0.791.